The van der Waals surface area contributed by atoms with Crippen molar-refractivity contribution in [2.45, 2.75) is 27.7 Å². The van der Waals surface area contributed by atoms with Crippen LogP contribution in [0.25, 0.3) is 0 Å². The summed E-state index contributed by atoms with van der Waals surface area (Å²) in [5.41, 5.74) is 5.80. The van der Waals surface area contributed by atoms with Gasteiger partial charge in [0.15, 0.2) is 0 Å². The van der Waals surface area contributed by atoms with Crippen molar-refractivity contribution in [2.75, 3.05) is 0 Å². The molecule has 0 N–H and O–H groups in total. The van der Waals surface area contributed by atoms with Gasteiger partial charge in [0.1, 0.15) is 0 Å². The molecule has 0 aliphatic rings. The summed E-state index contributed by atoms with van der Waals surface area (Å²) < 4.78 is 3.83. The van der Waals surface area contributed by atoms with E-state index in [1.807, 2.05) is 13.8 Å². The van der Waals surface area contributed by atoms with Gasteiger partial charge in [0.25, 0.3) is 0 Å². The van der Waals surface area contributed by atoms with E-state index in [2.05, 4.69) is 102 Å². The van der Waals surface area contributed by atoms with E-state index in [1.165, 1.54) is 11.1 Å². The molecule has 0 heterocycles. The Balaban J connectivity index is 2.45. The molecule has 0 bridgehead atoms. The van der Waals surface area contributed by atoms with Crippen LogP contribution in [0.5, 0.6) is 0 Å². The molecule has 0 spiro atoms. The van der Waals surface area contributed by atoms with Crippen molar-refractivity contribution >= 4 is 86.5 Å². The molecule has 24 heavy (non-hydrogen) atoms. The number of rotatable bonds is 3. The molecule has 6 heteroatoms. The second kappa shape index (κ2) is 8.39. The van der Waals surface area contributed by atoms with E-state index in [0.717, 1.165) is 40.7 Å². The number of aryl methyl sites for hydroxylation is 2. The molecule has 0 aliphatic heterocycles. The molecule has 0 saturated carbocycles. The van der Waals surface area contributed by atoms with Gasteiger partial charge in [0.2, 0.25) is 0 Å². The molecule has 0 aliphatic carbocycles. The fraction of sp³-hybridized carbons (Fsp3) is 0.222. The van der Waals surface area contributed by atoms with Crippen molar-refractivity contribution in [3.05, 3.63) is 53.3 Å². The highest BCUT2D eigenvalue weighted by Gasteiger charge is 2.09. The highest BCUT2D eigenvalue weighted by molar-refractivity contribution is 9.11. The van der Waals surface area contributed by atoms with Crippen LogP contribution in [0.3, 0.4) is 0 Å². The lowest BCUT2D eigenvalue weighted by Crippen LogP contribution is -2.05. The molecule has 0 fully saturated rings. The third-order valence-electron chi connectivity index (χ3n) is 3.41. The molecule has 2 aromatic rings. The van der Waals surface area contributed by atoms with Crippen LogP contribution in [0.15, 0.2) is 52.1 Å². The van der Waals surface area contributed by atoms with Crippen LogP contribution in [0.4, 0.5) is 11.4 Å². The van der Waals surface area contributed by atoms with E-state index in [0.29, 0.717) is 0 Å². The Kier molecular flexibility index (Phi) is 7.00. The van der Waals surface area contributed by atoms with Crippen molar-refractivity contribution in [1.82, 2.24) is 0 Å². The van der Waals surface area contributed by atoms with Crippen LogP contribution in [0.2, 0.25) is 0 Å². The van der Waals surface area contributed by atoms with Crippen LogP contribution < -0.4 is 0 Å². The van der Waals surface area contributed by atoms with E-state index in [9.17, 15) is 0 Å². The Morgan fingerprint density at radius 3 is 1.12 bits per heavy atom. The van der Waals surface area contributed by atoms with Crippen molar-refractivity contribution in [3.63, 3.8) is 0 Å². The van der Waals surface area contributed by atoms with Gasteiger partial charge in [-0.1, -0.05) is 0 Å². The van der Waals surface area contributed by atoms with Crippen molar-refractivity contribution in [3.8, 4) is 0 Å². The van der Waals surface area contributed by atoms with Gasteiger partial charge in [-0.15, -0.1) is 0 Å². The lowest BCUT2D eigenvalue weighted by Gasteiger charge is -2.08. The first-order valence-electron chi connectivity index (χ1n) is 7.21. The third kappa shape index (κ3) is 4.87. The highest BCUT2D eigenvalue weighted by Crippen LogP contribution is 2.36. The Hall–Kier alpha value is -0.300. The maximum absolute atomic E-state index is 4.73. The lowest BCUT2D eigenvalue weighted by molar-refractivity contribution is 1.37. The molecule has 0 aromatic heterocycles. The third-order valence-corrected chi connectivity index (χ3v) is 5.82. The van der Waals surface area contributed by atoms with E-state index >= 15 is 0 Å². The Bertz CT molecular complexity index is 737. The SMILES string of the molecule is CC(=Nc1c(Br)cc(C)cc1Br)C(C)=Nc1c(Br)cc(C)cc1Br. The standard InChI is InChI=1S/C18H16Br4N2/c1-9-5-13(19)17(14(20)6-9)23-11(3)12(4)24-18-15(21)7-10(2)8-16(18)22/h5-8H,1-4H3. The summed E-state index contributed by atoms with van der Waals surface area (Å²) in [7, 11) is 0. The average molecular weight is 580 g/mol. The lowest BCUT2D eigenvalue weighted by atomic mass is 10.2. The fourth-order valence-corrected chi connectivity index (χ4v) is 5.28. The maximum atomic E-state index is 4.73. The van der Waals surface area contributed by atoms with Gasteiger partial charge >= 0.3 is 0 Å². The summed E-state index contributed by atoms with van der Waals surface area (Å²) >= 11 is 14.3. The average Bonchev–Trinajstić information content (AvgIpc) is 2.46. The number of hydrogen-bond donors (Lipinski definition) is 0. The number of nitrogens with zero attached hydrogens (tertiary/aromatic N) is 2. The molecule has 126 valence electrons. The van der Waals surface area contributed by atoms with Gasteiger partial charge < -0.3 is 0 Å². The van der Waals surface area contributed by atoms with Gasteiger partial charge in [0.05, 0.1) is 22.8 Å². The zero-order valence-corrected chi connectivity index (χ0v) is 20.1. The molecule has 0 radical (unpaired) electrons. The Labute approximate surface area is 176 Å². The van der Waals surface area contributed by atoms with Gasteiger partial charge in [-0.05, 0) is 127 Å². The molecule has 2 aromatic carbocycles. The molecule has 0 saturated heterocycles. The monoisotopic (exact) mass is 576 g/mol. The first-order valence-corrected chi connectivity index (χ1v) is 10.4. The highest BCUT2D eigenvalue weighted by atomic mass is 79.9. The normalized spacial score (nSPS) is 12.7. The van der Waals surface area contributed by atoms with Gasteiger partial charge in [0, 0.05) is 17.9 Å². The first-order chi connectivity index (χ1) is 11.2. The van der Waals surface area contributed by atoms with Gasteiger partial charge in [-0.2, -0.15) is 0 Å². The maximum Gasteiger partial charge on any atom is 0.0917 e. The summed E-state index contributed by atoms with van der Waals surface area (Å²) in [5, 5.41) is 0. The number of benzene rings is 2. The quantitative estimate of drug-likeness (QED) is 0.327. The molecule has 0 unspecified atom stereocenters. The second-order valence-electron chi connectivity index (χ2n) is 5.55. The Morgan fingerprint density at radius 1 is 0.625 bits per heavy atom. The van der Waals surface area contributed by atoms with E-state index in [1.54, 1.807) is 0 Å². The van der Waals surface area contributed by atoms with Gasteiger partial charge in [-0.25, -0.2) is 9.98 Å². The predicted molar refractivity (Wildman–Crippen MR) is 119 cm³/mol. The molecule has 0 amide bonds. The van der Waals surface area contributed by atoms with Crippen LogP contribution >= 0.6 is 63.7 Å². The predicted octanol–water partition coefficient (Wildman–Crippen LogP) is 8.24. The first kappa shape index (κ1) is 20.0. The molecule has 0 atom stereocenters. The summed E-state index contributed by atoms with van der Waals surface area (Å²) in [5.74, 6) is 0. The smallest absolute Gasteiger partial charge is 0.0917 e. The van der Waals surface area contributed by atoms with Crippen LogP contribution in [0, 0.1) is 13.8 Å². The largest absolute Gasteiger partial charge is 0.249 e. The number of halogens is 4. The molecule has 2 rings (SSSR count). The second-order valence-corrected chi connectivity index (χ2v) is 8.97. The summed E-state index contributed by atoms with van der Waals surface area (Å²) in [6.45, 7) is 8.03. The minimum atomic E-state index is 0.861. The molecule has 2 nitrogen and oxygen atoms in total. The van der Waals surface area contributed by atoms with Gasteiger partial charge in [-0.3, -0.25) is 0 Å². The topological polar surface area (TPSA) is 24.7 Å². The summed E-state index contributed by atoms with van der Waals surface area (Å²) in [6, 6.07) is 8.21. The van der Waals surface area contributed by atoms with Crippen molar-refractivity contribution < 1.29 is 0 Å². The Morgan fingerprint density at radius 2 is 0.875 bits per heavy atom. The van der Waals surface area contributed by atoms with Crippen LogP contribution in [0.1, 0.15) is 25.0 Å². The van der Waals surface area contributed by atoms with Crippen molar-refractivity contribution in [2.24, 2.45) is 9.98 Å². The minimum Gasteiger partial charge on any atom is -0.249 e. The number of aliphatic imine (C=N–C) groups is 2. The molecular formula is C18H16Br4N2. The summed E-state index contributed by atoms with van der Waals surface area (Å²) in [4.78, 5) is 9.47. The van der Waals surface area contributed by atoms with E-state index in [4.69, 9.17) is 9.98 Å². The van der Waals surface area contributed by atoms with Crippen molar-refractivity contribution in [1.29, 1.82) is 0 Å². The number of hydrogen-bond acceptors (Lipinski definition) is 2. The van der Waals surface area contributed by atoms with Crippen LogP contribution in [-0.2, 0) is 0 Å². The van der Waals surface area contributed by atoms with Crippen LogP contribution in [-0.4, -0.2) is 11.4 Å². The minimum absolute atomic E-state index is 0.861. The fourth-order valence-electron chi connectivity index (χ4n) is 2.10. The zero-order valence-electron chi connectivity index (χ0n) is 13.7. The molecular weight excluding hydrogens is 564 g/mol. The zero-order chi connectivity index (χ0) is 18.0. The summed E-state index contributed by atoms with van der Waals surface area (Å²) in [6.07, 6.45) is 0. The van der Waals surface area contributed by atoms with E-state index in [-0.39, 0.29) is 0 Å². The van der Waals surface area contributed by atoms with E-state index < -0.39 is 0 Å².